The molecule has 2 atom stereocenters. The summed E-state index contributed by atoms with van der Waals surface area (Å²) >= 11 is 0. The van der Waals surface area contributed by atoms with Crippen LogP contribution in [-0.4, -0.2) is 37.3 Å². The smallest absolute Gasteiger partial charge is 0.142 e. The number of para-hydroxylation sites is 2. The number of nitriles is 1. The van der Waals surface area contributed by atoms with Gasteiger partial charge in [0.25, 0.3) is 0 Å². The number of aromatic nitrogens is 1. The summed E-state index contributed by atoms with van der Waals surface area (Å²) in [5.74, 6) is 2.58. The fraction of sp³-hybridized carbons (Fsp3) is 0.429. The topological polar surface area (TPSA) is 52.4 Å². The number of rotatable bonds is 4. The lowest BCUT2D eigenvalue weighted by Gasteiger charge is -2.40. The van der Waals surface area contributed by atoms with Crippen LogP contribution in [0.15, 0.2) is 42.6 Å². The van der Waals surface area contributed by atoms with Gasteiger partial charge in [-0.15, -0.1) is 0 Å². The maximum atomic E-state index is 9.19. The molecule has 0 spiro atoms. The number of piperidine rings is 1. The predicted molar refractivity (Wildman–Crippen MR) is 103 cm³/mol. The highest BCUT2D eigenvalue weighted by Crippen LogP contribution is 2.38. The van der Waals surface area contributed by atoms with Crippen LogP contribution in [0, 0.1) is 17.2 Å². The molecule has 4 rings (SSSR count). The van der Waals surface area contributed by atoms with Crippen molar-refractivity contribution in [3.63, 3.8) is 0 Å². The van der Waals surface area contributed by atoms with Crippen LogP contribution in [-0.2, 0) is 0 Å². The van der Waals surface area contributed by atoms with Gasteiger partial charge in [-0.1, -0.05) is 12.1 Å². The monoisotopic (exact) mass is 348 g/mol. The first kappa shape index (κ1) is 16.7. The Bertz CT molecular complexity index is 816. The highest BCUT2D eigenvalue weighted by atomic mass is 16.5. The highest BCUT2D eigenvalue weighted by Gasteiger charge is 2.39. The quantitative estimate of drug-likeness (QED) is 0.847. The molecule has 0 unspecified atom stereocenters. The average Bonchev–Trinajstić information content (AvgIpc) is 3.12. The molecule has 3 heterocycles. The average molecular weight is 348 g/mol. The van der Waals surface area contributed by atoms with E-state index in [1.54, 1.807) is 12.3 Å². The summed E-state index contributed by atoms with van der Waals surface area (Å²) in [6.45, 7) is 5.74. The standard InChI is InChI=1S/C21H24N4O/c1-2-26-20-6-4-3-5-18(20)24-11-8-17-9-12-25(19(17)15-24)21-13-16(14-22)7-10-23-21/h3-7,10,13,17,19H,2,8-9,11-12,15H2,1H3/t17-,19+/m1/s1. The summed E-state index contributed by atoms with van der Waals surface area (Å²) in [6, 6.07) is 14.6. The zero-order valence-electron chi connectivity index (χ0n) is 15.1. The van der Waals surface area contributed by atoms with Gasteiger partial charge in [-0.3, -0.25) is 0 Å². The van der Waals surface area contributed by atoms with Crippen LogP contribution in [0.1, 0.15) is 25.3 Å². The van der Waals surface area contributed by atoms with E-state index in [0.717, 1.165) is 31.2 Å². The van der Waals surface area contributed by atoms with Crippen LogP contribution in [0.25, 0.3) is 0 Å². The Kier molecular flexibility index (Phi) is 4.66. The van der Waals surface area contributed by atoms with Gasteiger partial charge in [-0.25, -0.2) is 4.98 Å². The van der Waals surface area contributed by atoms with Crippen molar-refractivity contribution in [3.05, 3.63) is 48.2 Å². The van der Waals surface area contributed by atoms with Gasteiger partial charge in [0, 0.05) is 25.8 Å². The van der Waals surface area contributed by atoms with E-state index < -0.39 is 0 Å². The molecular weight excluding hydrogens is 324 g/mol. The summed E-state index contributed by atoms with van der Waals surface area (Å²) in [7, 11) is 0. The highest BCUT2D eigenvalue weighted by molar-refractivity contribution is 5.59. The fourth-order valence-corrected chi connectivity index (χ4v) is 4.28. The van der Waals surface area contributed by atoms with E-state index in [9.17, 15) is 5.26 Å². The normalized spacial score (nSPS) is 22.0. The number of nitrogens with zero attached hydrogens (tertiary/aromatic N) is 4. The molecule has 2 aliphatic heterocycles. The Balaban J connectivity index is 1.58. The summed E-state index contributed by atoms with van der Waals surface area (Å²) < 4.78 is 5.84. The zero-order valence-corrected chi connectivity index (χ0v) is 15.1. The number of hydrogen-bond acceptors (Lipinski definition) is 5. The molecule has 0 amide bonds. The Morgan fingerprint density at radius 2 is 2.08 bits per heavy atom. The van der Waals surface area contributed by atoms with Gasteiger partial charge in [0.2, 0.25) is 0 Å². The summed E-state index contributed by atoms with van der Waals surface area (Å²) in [4.78, 5) is 9.37. The lowest BCUT2D eigenvalue weighted by Crippen LogP contribution is -2.48. The summed E-state index contributed by atoms with van der Waals surface area (Å²) in [5, 5.41) is 9.19. The van der Waals surface area contributed by atoms with E-state index in [-0.39, 0.29) is 0 Å². The minimum absolute atomic E-state index is 0.430. The van der Waals surface area contributed by atoms with Crippen LogP contribution >= 0.6 is 0 Å². The molecule has 1 aromatic heterocycles. The molecule has 2 saturated heterocycles. The lowest BCUT2D eigenvalue weighted by molar-refractivity contribution is 0.336. The van der Waals surface area contributed by atoms with Crippen LogP contribution in [0.4, 0.5) is 11.5 Å². The molecule has 2 aliphatic rings. The fourth-order valence-electron chi connectivity index (χ4n) is 4.28. The number of ether oxygens (including phenoxy) is 1. The third-order valence-corrected chi connectivity index (χ3v) is 5.54. The first-order chi connectivity index (χ1) is 12.8. The Labute approximate surface area is 154 Å². The second-order valence-electron chi connectivity index (χ2n) is 6.96. The minimum Gasteiger partial charge on any atom is -0.492 e. The maximum absolute atomic E-state index is 9.19. The summed E-state index contributed by atoms with van der Waals surface area (Å²) in [6.07, 6.45) is 4.12. The first-order valence-electron chi connectivity index (χ1n) is 9.39. The summed E-state index contributed by atoms with van der Waals surface area (Å²) in [5.41, 5.74) is 1.85. The van der Waals surface area contributed by atoms with Crippen molar-refractivity contribution in [1.82, 2.24) is 4.98 Å². The third-order valence-electron chi connectivity index (χ3n) is 5.54. The Morgan fingerprint density at radius 1 is 1.23 bits per heavy atom. The molecule has 26 heavy (non-hydrogen) atoms. The number of fused-ring (bicyclic) bond motifs is 1. The molecule has 134 valence electrons. The number of anilines is 2. The van der Waals surface area contributed by atoms with Crippen molar-refractivity contribution in [2.45, 2.75) is 25.8 Å². The molecule has 5 nitrogen and oxygen atoms in total. The largest absolute Gasteiger partial charge is 0.492 e. The van der Waals surface area contributed by atoms with Crippen molar-refractivity contribution in [2.75, 3.05) is 36.0 Å². The third kappa shape index (κ3) is 3.08. The second-order valence-corrected chi connectivity index (χ2v) is 6.96. The number of hydrogen-bond donors (Lipinski definition) is 0. The molecule has 2 aromatic rings. The van der Waals surface area contributed by atoms with E-state index in [2.05, 4.69) is 39.1 Å². The predicted octanol–water partition coefficient (Wildman–Crippen LogP) is 3.46. The lowest BCUT2D eigenvalue weighted by atomic mass is 9.91. The van der Waals surface area contributed by atoms with Crippen LogP contribution in [0.2, 0.25) is 0 Å². The van der Waals surface area contributed by atoms with Gasteiger partial charge in [0.05, 0.1) is 30.0 Å². The molecule has 5 heteroatoms. The molecule has 0 saturated carbocycles. The number of pyridine rings is 1. The van der Waals surface area contributed by atoms with Crippen LogP contribution < -0.4 is 14.5 Å². The van der Waals surface area contributed by atoms with Crippen molar-refractivity contribution in [2.24, 2.45) is 5.92 Å². The number of benzene rings is 1. The second kappa shape index (κ2) is 7.25. The van der Waals surface area contributed by atoms with Crippen LogP contribution in [0.3, 0.4) is 0 Å². The van der Waals surface area contributed by atoms with E-state index >= 15 is 0 Å². The molecule has 0 aliphatic carbocycles. The zero-order chi connectivity index (χ0) is 17.9. The van der Waals surface area contributed by atoms with Crippen molar-refractivity contribution in [3.8, 4) is 11.8 Å². The van der Waals surface area contributed by atoms with E-state index in [0.29, 0.717) is 24.1 Å². The van der Waals surface area contributed by atoms with E-state index in [4.69, 9.17) is 4.74 Å². The van der Waals surface area contributed by atoms with Gasteiger partial charge in [0.15, 0.2) is 0 Å². The molecule has 0 N–H and O–H groups in total. The Morgan fingerprint density at radius 3 is 2.92 bits per heavy atom. The first-order valence-corrected chi connectivity index (χ1v) is 9.39. The maximum Gasteiger partial charge on any atom is 0.142 e. The van der Waals surface area contributed by atoms with Gasteiger partial charge in [0.1, 0.15) is 11.6 Å². The van der Waals surface area contributed by atoms with Crippen molar-refractivity contribution < 1.29 is 4.74 Å². The van der Waals surface area contributed by atoms with Crippen molar-refractivity contribution in [1.29, 1.82) is 5.26 Å². The SMILES string of the molecule is CCOc1ccccc1N1CC[C@@H]2CCN(c3cc(C#N)ccn3)[C@H]2C1. The van der Waals surface area contributed by atoms with Gasteiger partial charge < -0.3 is 14.5 Å². The minimum atomic E-state index is 0.430. The molecule has 0 radical (unpaired) electrons. The van der Waals surface area contributed by atoms with Gasteiger partial charge in [-0.2, -0.15) is 5.26 Å². The van der Waals surface area contributed by atoms with Crippen molar-refractivity contribution >= 4 is 11.5 Å². The van der Waals surface area contributed by atoms with Crippen LogP contribution in [0.5, 0.6) is 5.75 Å². The van der Waals surface area contributed by atoms with E-state index in [1.807, 2.05) is 19.1 Å². The molecular formula is C21H24N4O. The molecule has 0 bridgehead atoms. The van der Waals surface area contributed by atoms with E-state index in [1.165, 1.54) is 18.5 Å². The van der Waals surface area contributed by atoms with Gasteiger partial charge >= 0.3 is 0 Å². The Hall–Kier alpha value is -2.74. The van der Waals surface area contributed by atoms with Gasteiger partial charge in [-0.05, 0) is 49.9 Å². The molecule has 1 aromatic carbocycles. The molecule has 2 fully saturated rings.